The fourth-order valence-corrected chi connectivity index (χ4v) is 6.24. The van der Waals surface area contributed by atoms with Gasteiger partial charge in [-0.1, -0.05) is 145 Å². The molecular formula is C26H45IO3S. The molecule has 0 aliphatic heterocycles. The van der Waals surface area contributed by atoms with Gasteiger partial charge in [-0.15, -0.1) is 0 Å². The molecule has 0 fully saturated rings. The van der Waals surface area contributed by atoms with Crippen molar-refractivity contribution in [1.82, 2.24) is 0 Å². The molecular weight excluding hydrogens is 519 g/mol. The fraction of sp³-hybridized carbons (Fsp3) is 0.769. The standard InChI is InChI=1S/C26H45IO3S/c1-3-5-7-8-9-10-11-12-13-14-15-16-17-21-25(27)24-20-18-19-22-26(24)31(28,29)30-23-6-4-2/h18-20,22,25H,3-17,21,23H2,1-2H3. The van der Waals surface area contributed by atoms with Crippen molar-refractivity contribution in [2.24, 2.45) is 0 Å². The first-order valence-electron chi connectivity index (χ1n) is 12.6. The number of halogens is 1. The number of alkyl halides is 1. The van der Waals surface area contributed by atoms with Crippen LogP contribution < -0.4 is 0 Å². The first-order valence-corrected chi connectivity index (χ1v) is 15.3. The van der Waals surface area contributed by atoms with E-state index in [2.05, 4.69) is 29.5 Å². The summed E-state index contributed by atoms with van der Waals surface area (Å²) in [4.78, 5) is 0.347. The summed E-state index contributed by atoms with van der Waals surface area (Å²) >= 11 is 2.39. The van der Waals surface area contributed by atoms with Gasteiger partial charge in [0.15, 0.2) is 0 Å². The molecule has 0 spiro atoms. The van der Waals surface area contributed by atoms with E-state index in [9.17, 15) is 8.42 Å². The Morgan fingerprint density at radius 1 is 0.742 bits per heavy atom. The molecule has 0 saturated heterocycles. The molecule has 1 aromatic rings. The zero-order chi connectivity index (χ0) is 22.8. The maximum absolute atomic E-state index is 12.6. The predicted octanol–water partition coefficient (Wildman–Crippen LogP) is 9.15. The highest BCUT2D eigenvalue weighted by molar-refractivity contribution is 14.1. The molecule has 0 heterocycles. The smallest absolute Gasteiger partial charge is 0.266 e. The normalized spacial score (nSPS) is 12.9. The molecule has 0 aliphatic rings. The third-order valence-corrected chi connectivity index (χ3v) is 8.50. The summed E-state index contributed by atoms with van der Waals surface area (Å²) in [5.41, 5.74) is 0.888. The van der Waals surface area contributed by atoms with E-state index in [4.69, 9.17) is 4.18 Å². The molecule has 0 N–H and O–H groups in total. The van der Waals surface area contributed by atoms with E-state index < -0.39 is 10.1 Å². The lowest BCUT2D eigenvalue weighted by Gasteiger charge is -2.15. The van der Waals surface area contributed by atoms with Crippen molar-refractivity contribution in [1.29, 1.82) is 0 Å². The monoisotopic (exact) mass is 564 g/mol. The van der Waals surface area contributed by atoms with Crippen LogP contribution in [0.1, 0.15) is 126 Å². The van der Waals surface area contributed by atoms with Crippen LogP contribution in [0.25, 0.3) is 0 Å². The molecule has 0 aliphatic carbocycles. The Balaban J connectivity index is 2.22. The maximum Gasteiger partial charge on any atom is 0.297 e. The molecule has 0 saturated carbocycles. The lowest BCUT2D eigenvalue weighted by molar-refractivity contribution is 0.310. The van der Waals surface area contributed by atoms with Gasteiger partial charge in [-0.25, -0.2) is 0 Å². The first kappa shape index (κ1) is 28.9. The van der Waals surface area contributed by atoms with Crippen molar-refractivity contribution in [3.05, 3.63) is 29.8 Å². The SMILES string of the molecule is CCCCCCCCCCCCCCCC(I)c1ccccc1S(=O)(=O)OCCCC. The summed E-state index contributed by atoms with van der Waals surface area (Å²) in [6.07, 6.45) is 20.2. The van der Waals surface area contributed by atoms with E-state index in [-0.39, 0.29) is 10.5 Å². The van der Waals surface area contributed by atoms with E-state index in [1.54, 1.807) is 12.1 Å². The summed E-state index contributed by atoms with van der Waals surface area (Å²) in [5, 5.41) is 0. The van der Waals surface area contributed by atoms with Crippen LogP contribution in [0.15, 0.2) is 29.2 Å². The molecule has 0 radical (unpaired) electrons. The number of rotatable bonds is 20. The van der Waals surface area contributed by atoms with Crippen LogP contribution in [-0.2, 0) is 14.3 Å². The number of unbranched alkanes of at least 4 members (excludes halogenated alkanes) is 13. The molecule has 180 valence electrons. The van der Waals surface area contributed by atoms with E-state index >= 15 is 0 Å². The quantitative estimate of drug-likeness (QED) is 0.0687. The van der Waals surface area contributed by atoms with Crippen LogP contribution >= 0.6 is 22.6 Å². The summed E-state index contributed by atoms with van der Waals surface area (Å²) in [7, 11) is -3.67. The Bertz CT molecular complexity index is 660. The second-order valence-electron chi connectivity index (χ2n) is 8.67. The van der Waals surface area contributed by atoms with Gasteiger partial charge in [0.1, 0.15) is 0 Å². The number of hydrogen-bond acceptors (Lipinski definition) is 3. The summed E-state index contributed by atoms with van der Waals surface area (Å²) in [6, 6.07) is 7.34. The third-order valence-electron chi connectivity index (χ3n) is 5.82. The second kappa shape index (κ2) is 18.3. The van der Waals surface area contributed by atoms with Crippen LogP contribution in [0.2, 0.25) is 0 Å². The van der Waals surface area contributed by atoms with Crippen molar-refractivity contribution >= 4 is 32.7 Å². The summed E-state index contributed by atoms with van der Waals surface area (Å²) in [6.45, 7) is 4.56. The zero-order valence-electron chi connectivity index (χ0n) is 19.9. The second-order valence-corrected chi connectivity index (χ2v) is 11.8. The van der Waals surface area contributed by atoms with Crippen LogP contribution in [0.3, 0.4) is 0 Å². The van der Waals surface area contributed by atoms with Crippen LogP contribution in [0.5, 0.6) is 0 Å². The first-order chi connectivity index (χ1) is 15.0. The van der Waals surface area contributed by atoms with Gasteiger partial charge in [-0.2, -0.15) is 8.42 Å². The molecule has 1 rings (SSSR count). The van der Waals surface area contributed by atoms with Crippen molar-refractivity contribution in [3.8, 4) is 0 Å². The molecule has 5 heteroatoms. The molecule has 0 aromatic heterocycles. The van der Waals surface area contributed by atoms with Gasteiger partial charge in [-0.05, 0) is 24.5 Å². The molecule has 1 atom stereocenters. The average molecular weight is 565 g/mol. The Labute approximate surface area is 206 Å². The molecule has 1 aromatic carbocycles. The minimum absolute atomic E-state index is 0.200. The van der Waals surface area contributed by atoms with Crippen molar-refractivity contribution in [2.45, 2.75) is 125 Å². The highest BCUT2D eigenvalue weighted by atomic mass is 127. The van der Waals surface area contributed by atoms with E-state index in [1.807, 2.05) is 19.1 Å². The molecule has 0 amide bonds. The van der Waals surface area contributed by atoms with E-state index in [1.165, 1.54) is 77.0 Å². The Hall–Kier alpha value is -0.140. The highest BCUT2D eigenvalue weighted by Crippen LogP contribution is 2.34. The van der Waals surface area contributed by atoms with Gasteiger partial charge in [-0.3, -0.25) is 4.18 Å². The van der Waals surface area contributed by atoms with Gasteiger partial charge in [0, 0.05) is 3.92 Å². The van der Waals surface area contributed by atoms with Gasteiger partial charge in [0.05, 0.1) is 11.5 Å². The largest absolute Gasteiger partial charge is 0.297 e. The minimum atomic E-state index is -3.67. The van der Waals surface area contributed by atoms with Gasteiger partial charge in [0.2, 0.25) is 0 Å². The molecule has 31 heavy (non-hydrogen) atoms. The molecule has 1 unspecified atom stereocenters. The van der Waals surface area contributed by atoms with Gasteiger partial charge in [0.25, 0.3) is 10.1 Å². The van der Waals surface area contributed by atoms with Crippen molar-refractivity contribution in [3.63, 3.8) is 0 Å². The third kappa shape index (κ3) is 13.2. The van der Waals surface area contributed by atoms with Crippen molar-refractivity contribution < 1.29 is 12.6 Å². The fourth-order valence-electron chi connectivity index (χ4n) is 3.84. The topological polar surface area (TPSA) is 43.4 Å². The minimum Gasteiger partial charge on any atom is -0.266 e. The zero-order valence-corrected chi connectivity index (χ0v) is 22.9. The number of hydrogen-bond donors (Lipinski definition) is 0. The molecule has 3 nitrogen and oxygen atoms in total. The number of benzene rings is 1. The van der Waals surface area contributed by atoms with Crippen LogP contribution in [0.4, 0.5) is 0 Å². The summed E-state index contributed by atoms with van der Waals surface area (Å²) in [5.74, 6) is 0. The maximum atomic E-state index is 12.6. The Morgan fingerprint density at radius 3 is 1.77 bits per heavy atom. The highest BCUT2D eigenvalue weighted by Gasteiger charge is 2.22. The van der Waals surface area contributed by atoms with Gasteiger partial charge < -0.3 is 0 Å². The Kier molecular flexibility index (Phi) is 17.1. The Morgan fingerprint density at radius 2 is 1.23 bits per heavy atom. The lowest BCUT2D eigenvalue weighted by atomic mass is 10.0. The average Bonchev–Trinajstić information content (AvgIpc) is 2.77. The van der Waals surface area contributed by atoms with Crippen molar-refractivity contribution in [2.75, 3.05) is 6.61 Å². The predicted molar refractivity (Wildman–Crippen MR) is 142 cm³/mol. The molecule has 0 bridgehead atoms. The van der Waals surface area contributed by atoms with Crippen LogP contribution in [0, 0.1) is 0 Å². The van der Waals surface area contributed by atoms with Crippen LogP contribution in [-0.4, -0.2) is 15.0 Å². The van der Waals surface area contributed by atoms with Gasteiger partial charge >= 0.3 is 0 Å². The lowest BCUT2D eigenvalue weighted by Crippen LogP contribution is -2.11. The summed E-state index contributed by atoms with van der Waals surface area (Å²) < 4.78 is 30.6. The van der Waals surface area contributed by atoms with E-state index in [0.29, 0.717) is 4.90 Å². The van der Waals surface area contributed by atoms with E-state index in [0.717, 1.165) is 31.2 Å².